The van der Waals surface area contributed by atoms with Crippen molar-refractivity contribution in [2.24, 2.45) is 75.4 Å². The molecule has 10 fully saturated rings. The Bertz CT molecular complexity index is 1920. The van der Waals surface area contributed by atoms with Gasteiger partial charge in [-0.2, -0.15) is 0 Å². The van der Waals surface area contributed by atoms with Crippen LogP contribution in [0.1, 0.15) is 231 Å². The van der Waals surface area contributed by atoms with Gasteiger partial charge >= 0.3 is 35.8 Å². The third-order valence-corrected chi connectivity index (χ3v) is 20.8. The van der Waals surface area contributed by atoms with Crippen molar-refractivity contribution >= 4 is 35.8 Å². The Labute approximate surface area is 433 Å². The number of fused-ring (bicyclic) bond motifs is 4. The van der Waals surface area contributed by atoms with E-state index in [0.29, 0.717) is 30.1 Å². The van der Waals surface area contributed by atoms with Gasteiger partial charge in [-0.1, -0.05) is 27.7 Å². The first-order chi connectivity index (χ1) is 33.8. The molecule has 10 aliphatic rings. The standard InChI is InChI=1S/C21H34O4.C20H32O4.C19H30O4/c1-5-20(3,4)19(23)24-17-13-14-11-15(17)16(12-14)18(22)25-21(6-2)9-7-8-10-21;1-5-19(2,3)18(22)23-16-12-13-10-14(16)15(11-13)17(21)24-20(4)8-6-7-9-20;1-5-18(2,3)17(21)22-11-16(20)23-19(4)14-7-12-6-13(9-14)10-15(19)8-12/h14-17H,5-13H2,1-4H3;13-16H,5-12H2,1-4H3;12-15H,5-11H2,1-4H3. The molecule has 8 bridgehead atoms. The Balaban J connectivity index is 0.000000159. The summed E-state index contributed by atoms with van der Waals surface area (Å²) in [5.74, 6) is 2.77. The zero-order chi connectivity index (χ0) is 52.6. The molecule has 10 aliphatic carbocycles. The molecule has 0 N–H and O–H groups in total. The van der Waals surface area contributed by atoms with Gasteiger partial charge in [0.05, 0.1) is 28.1 Å². The van der Waals surface area contributed by atoms with Gasteiger partial charge in [0.2, 0.25) is 0 Å². The minimum atomic E-state index is -0.549. The maximum absolute atomic E-state index is 12.9. The largest absolute Gasteiger partial charge is 0.462 e. The normalized spacial score (nSPS) is 35.3. The molecule has 0 aromatic rings. The lowest BCUT2D eigenvalue weighted by molar-refractivity contribution is -0.208. The van der Waals surface area contributed by atoms with Gasteiger partial charge in [-0.25, -0.2) is 4.79 Å². The highest BCUT2D eigenvalue weighted by Gasteiger charge is 2.58. The molecule has 0 radical (unpaired) electrons. The molecule has 0 heterocycles. The Morgan fingerprint density at radius 1 is 0.472 bits per heavy atom. The van der Waals surface area contributed by atoms with Crippen molar-refractivity contribution in [1.29, 1.82) is 0 Å². The van der Waals surface area contributed by atoms with E-state index in [2.05, 4.69) is 20.8 Å². The summed E-state index contributed by atoms with van der Waals surface area (Å²) < 4.78 is 34.7. The monoisotopic (exact) mass is 1010 g/mol. The van der Waals surface area contributed by atoms with Crippen LogP contribution in [-0.2, 0) is 57.2 Å². The SMILES string of the molecule is CCC(C)(C)C(=O)OC1CC2CC(C(=O)OC3(C)CCCC3)C1C2.CCC(C)(C)C(=O)OCC(=O)OC1(C)C2CC3CC(C2)CC1C3.CCC1(OC(=O)C2CC3CC(OC(=O)C(C)(C)CC)C2C3)CCCC1. The van der Waals surface area contributed by atoms with Crippen LogP contribution in [-0.4, -0.2) is 71.4 Å². The van der Waals surface area contributed by atoms with Crippen molar-refractivity contribution in [1.82, 2.24) is 0 Å². The molecule has 10 saturated carbocycles. The average molecular weight is 1010 g/mol. The molecule has 0 aromatic carbocycles. The lowest BCUT2D eigenvalue weighted by atomic mass is 9.50. The van der Waals surface area contributed by atoms with Crippen LogP contribution in [0.15, 0.2) is 0 Å². The predicted octanol–water partition coefficient (Wildman–Crippen LogP) is 12.6. The van der Waals surface area contributed by atoms with Crippen molar-refractivity contribution in [3.63, 3.8) is 0 Å². The van der Waals surface area contributed by atoms with Gasteiger partial charge in [-0.05, 0) is 239 Å². The fraction of sp³-hybridized carbons (Fsp3) is 0.900. The second-order valence-electron chi connectivity index (χ2n) is 27.1. The number of hydrogen-bond acceptors (Lipinski definition) is 12. The minimum absolute atomic E-state index is 0.0354. The maximum Gasteiger partial charge on any atom is 0.344 e. The summed E-state index contributed by atoms with van der Waals surface area (Å²) >= 11 is 0. The summed E-state index contributed by atoms with van der Waals surface area (Å²) in [5, 5.41) is 0. The average Bonchev–Trinajstić information content (AvgIpc) is 4.23. The van der Waals surface area contributed by atoms with Crippen LogP contribution >= 0.6 is 0 Å². The number of hydrogen-bond donors (Lipinski definition) is 0. The number of carbonyl (C=O) groups is 6. The van der Waals surface area contributed by atoms with E-state index in [0.717, 1.165) is 121 Å². The maximum atomic E-state index is 12.9. The Morgan fingerprint density at radius 3 is 1.29 bits per heavy atom. The molecule has 12 nitrogen and oxygen atoms in total. The molecule has 0 spiro atoms. The summed E-state index contributed by atoms with van der Waals surface area (Å²) in [6.07, 6.45) is 23.3. The van der Waals surface area contributed by atoms with Gasteiger partial charge < -0.3 is 28.4 Å². The van der Waals surface area contributed by atoms with Crippen LogP contribution in [0.25, 0.3) is 0 Å². The zero-order valence-electron chi connectivity index (χ0n) is 46.8. The van der Waals surface area contributed by atoms with Gasteiger partial charge in [-0.15, -0.1) is 0 Å². The zero-order valence-corrected chi connectivity index (χ0v) is 46.8. The van der Waals surface area contributed by atoms with E-state index in [1.807, 2.05) is 62.3 Å². The van der Waals surface area contributed by atoms with Crippen LogP contribution in [0, 0.1) is 75.4 Å². The van der Waals surface area contributed by atoms with E-state index >= 15 is 0 Å². The van der Waals surface area contributed by atoms with Crippen molar-refractivity contribution in [3.05, 3.63) is 0 Å². The molecule has 0 aromatic heterocycles. The smallest absolute Gasteiger partial charge is 0.344 e. The summed E-state index contributed by atoms with van der Waals surface area (Å²) in [6, 6.07) is 0. The Morgan fingerprint density at radius 2 is 0.875 bits per heavy atom. The van der Waals surface area contributed by atoms with Gasteiger partial charge in [0.15, 0.2) is 6.61 Å². The van der Waals surface area contributed by atoms with Gasteiger partial charge in [-0.3, -0.25) is 24.0 Å². The molecular formula is C60H96O12. The highest BCUT2D eigenvalue weighted by molar-refractivity contribution is 5.80. The van der Waals surface area contributed by atoms with Crippen LogP contribution in [0.2, 0.25) is 0 Å². The fourth-order valence-corrected chi connectivity index (χ4v) is 14.7. The summed E-state index contributed by atoms with van der Waals surface area (Å²) in [7, 11) is 0. The minimum Gasteiger partial charge on any atom is -0.462 e. The first kappa shape index (κ1) is 56.5. The first-order valence-corrected chi connectivity index (χ1v) is 29.1. The second kappa shape index (κ2) is 22.2. The number of ether oxygens (including phenoxy) is 6. The lowest BCUT2D eigenvalue weighted by Gasteiger charge is -2.59. The lowest BCUT2D eigenvalue weighted by Crippen LogP contribution is -2.58. The number of esters is 6. The van der Waals surface area contributed by atoms with Gasteiger partial charge in [0.1, 0.15) is 29.0 Å². The van der Waals surface area contributed by atoms with E-state index in [1.54, 1.807) is 0 Å². The van der Waals surface area contributed by atoms with Crippen molar-refractivity contribution < 1.29 is 57.2 Å². The van der Waals surface area contributed by atoms with Gasteiger partial charge in [0, 0.05) is 11.8 Å². The van der Waals surface area contributed by atoms with Crippen LogP contribution in [0.5, 0.6) is 0 Å². The molecule has 408 valence electrons. The molecule has 12 heteroatoms. The van der Waals surface area contributed by atoms with E-state index < -0.39 is 16.2 Å². The third-order valence-electron chi connectivity index (χ3n) is 20.8. The third kappa shape index (κ3) is 12.4. The van der Waals surface area contributed by atoms with Crippen LogP contribution < -0.4 is 0 Å². The van der Waals surface area contributed by atoms with E-state index in [9.17, 15) is 28.8 Å². The Kier molecular flexibility index (Phi) is 17.4. The number of rotatable bonds is 16. The molecule has 10 rings (SSSR count). The van der Waals surface area contributed by atoms with Gasteiger partial charge in [0.25, 0.3) is 0 Å². The molecule has 0 aliphatic heterocycles. The summed E-state index contributed by atoms with van der Waals surface area (Å²) in [5.41, 5.74) is -2.29. The van der Waals surface area contributed by atoms with Crippen molar-refractivity contribution in [3.8, 4) is 0 Å². The molecule has 8 atom stereocenters. The van der Waals surface area contributed by atoms with Crippen molar-refractivity contribution in [2.75, 3.05) is 6.61 Å². The second-order valence-corrected chi connectivity index (χ2v) is 27.1. The predicted molar refractivity (Wildman–Crippen MR) is 274 cm³/mol. The quantitative estimate of drug-likeness (QED) is 0.107. The van der Waals surface area contributed by atoms with E-state index in [1.165, 1.54) is 32.1 Å². The molecule has 0 amide bonds. The highest BCUT2D eigenvalue weighted by atomic mass is 16.6. The molecule has 0 saturated heterocycles. The Hall–Kier alpha value is -3.18. The molecular weight excluding hydrogens is 913 g/mol. The number of carbonyl (C=O) groups excluding carboxylic acids is 6. The fourth-order valence-electron chi connectivity index (χ4n) is 14.7. The van der Waals surface area contributed by atoms with Crippen molar-refractivity contribution in [2.45, 2.75) is 260 Å². The molecule has 8 unspecified atom stereocenters. The van der Waals surface area contributed by atoms with E-state index in [-0.39, 0.29) is 95.1 Å². The summed E-state index contributed by atoms with van der Waals surface area (Å²) in [6.45, 7) is 23.4. The van der Waals surface area contributed by atoms with E-state index in [4.69, 9.17) is 28.4 Å². The highest BCUT2D eigenvalue weighted by Crippen LogP contribution is 2.60. The van der Waals surface area contributed by atoms with Crippen LogP contribution in [0.4, 0.5) is 0 Å². The van der Waals surface area contributed by atoms with Crippen LogP contribution in [0.3, 0.4) is 0 Å². The summed E-state index contributed by atoms with van der Waals surface area (Å²) in [4.78, 5) is 74.7. The molecule has 72 heavy (non-hydrogen) atoms. The topological polar surface area (TPSA) is 158 Å². The first-order valence-electron chi connectivity index (χ1n) is 29.1.